The fraction of sp³-hybridized carbons (Fsp3) is 0.471. The molecule has 0 aliphatic heterocycles. The molecule has 1 aromatic heterocycles. The molecule has 3 amide bonds. The quantitative estimate of drug-likeness (QED) is 0.820. The van der Waals surface area contributed by atoms with Crippen LogP contribution in [0, 0.1) is 0 Å². The zero-order chi connectivity index (χ0) is 16.7. The minimum atomic E-state index is -0.268. The van der Waals surface area contributed by atoms with Crippen molar-refractivity contribution >= 4 is 17.6 Å². The van der Waals surface area contributed by atoms with E-state index in [1.54, 1.807) is 26.2 Å². The monoisotopic (exact) mass is 316 g/mol. The number of nitrogens with zero attached hydrogens (tertiary/aromatic N) is 2. The zero-order valence-corrected chi connectivity index (χ0v) is 13.8. The number of pyridine rings is 1. The maximum absolute atomic E-state index is 11.9. The van der Waals surface area contributed by atoms with Crippen molar-refractivity contribution in [3.05, 3.63) is 35.7 Å². The predicted molar refractivity (Wildman–Crippen MR) is 90.4 cm³/mol. The summed E-state index contributed by atoms with van der Waals surface area (Å²) in [5.74, 6) is -0.196. The lowest BCUT2D eigenvalue weighted by Crippen LogP contribution is -2.30. The number of amides is 3. The van der Waals surface area contributed by atoms with E-state index in [2.05, 4.69) is 21.7 Å². The van der Waals surface area contributed by atoms with Crippen LogP contribution in [0.3, 0.4) is 0 Å². The average molecular weight is 316 g/mol. The van der Waals surface area contributed by atoms with Crippen LogP contribution in [0.15, 0.2) is 30.0 Å². The number of allylic oxidation sites excluding steroid dienone is 1. The Kier molecular flexibility index (Phi) is 6.14. The molecule has 6 nitrogen and oxygen atoms in total. The second kappa shape index (κ2) is 8.31. The van der Waals surface area contributed by atoms with Gasteiger partial charge in [0.25, 0.3) is 5.91 Å². The van der Waals surface area contributed by atoms with E-state index in [-0.39, 0.29) is 11.9 Å². The summed E-state index contributed by atoms with van der Waals surface area (Å²) in [4.78, 5) is 29.2. The summed E-state index contributed by atoms with van der Waals surface area (Å²) < 4.78 is 0. The molecule has 0 fully saturated rings. The van der Waals surface area contributed by atoms with Crippen molar-refractivity contribution in [3.8, 4) is 0 Å². The Morgan fingerprint density at radius 2 is 2.13 bits per heavy atom. The van der Waals surface area contributed by atoms with E-state index >= 15 is 0 Å². The summed E-state index contributed by atoms with van der Waals surface area (Å²) >= 11 is 0. The molecule has 0 spiro atoms. The number of hydrogen-bond donors (Lipinski definition) is 2. The highest BCUT2D eigenvalue weighted by molar-refractivity contribution is 5.95. The molecule has 124 valence electrons. The third-order valence-corrected chi connectivity index (χ3v) is 3.76. The van der Waals surface area contributed by atoms with Crippen molar-refractivity contribution in [2.45, 2.75) is 32.1 Å². The van der Waals surface area contributed by atoms with Gasteiger partial charge in [0, 0.05) is 32.5 Å². The SMILES string of the molecule is CN(C)C(=O)c1cc(NC(=O)NCCC2=CCCCC2)ccn1. The number of carbonyl (C=O) groups excluding carboxylic acids is 2. The van der Waals surface area contributed by atoms with Gasteiger partial charge in [-0.3, -0.25) is 9.78 Å². The summed E-state index contributed by atoms with van der Waals surface area (Å²) in [7, 11) is 3.33. The van der Waals surface area contributed by atoms with Crippen LogP contribution in [0.25, 0.3) is 0 Å². The van der Waals surface area contributed by atoms with Crippen LogP contribution < -0.4 is 10.6 Å². The van der Waals surface area contributed by atoms with Gasteiger partial charge < -0.3 is 15.5 Å². The van der Waals surface area contributed by atoms with E-state index in [9.17, 15) is 9.59 Å². The van der Waals surface area contributed by atoms with Crippen molar-refractivity contribution in [2.75, 3.05) is 26.0 Å². The number of carbonyl (C=O) groups is 2. The smallest absolute Gasteiger partial charge is 0.319 e. The fourth-order valence-corrected chi connectivity index (χ4v) is 2.50. The molecule has 1 aromatic rings. The van der Waals surface area contributed by atoms with E-state index in [4.69, 9.17) is 0 Å². The first kappa shape index (κ1) is 17.0. The molecule has 2 N–H and O–H groups in total. The van der Waals surface area contributed by atoms with E-state index in [1.165, 1.54) is 29.5 Å². The maximum Gasteiger partial charge on any atom is 0.319 e. The van der Waals surface area contributed by atoms with Crippen LogP contribution in [0.4, 0.5) is 10.5 Å². The molecule has 0 saturated carbocycles. The first-order valence-electron chi connectivity index (χ1n) is 7.97. The molecule has 1 aliphatic carbocycles. The second-order valence-electron chi connectivity index (χ2n) is 5.87. The van der Waals surface area contributed by atoms with Gasteiger partial charge in [-0.15, -0.1) is 0 Å². The molecule has 6 heteroatoms. The van der Waals surface area contributed by atoms with Gasteiger partial charge in [0.15, 0.2) is 0 Å². The standard InChI is InChI=1S/C17H24N4O2/c1-21(2)16(22)15-12-14(9-11-18-15)20-17(23)19-10-8-13-6-4-3-5-7-13/h6,9,11-12H,3-5,7-8,10H2,1-2H3,(H2,18,19,20,23). The number of urea groups is 1. The van der Waals surface area contributed by atoms with Gasteiger partial charge in [0.2, 0.25) is 0 Å². The second-order valence-corrected chi connectivity index (χ2v) is 5.87. The molecule has 0 bridgehead atoms. The molecular formula is C17H24N4O2. The summed E-state index contributed by atoms with van der Waals surface area (Å²) in [6.45, 7) is 0.617. The Labute approximate surface area is 137 Å². The number of anilines is 1. The predicted octanol–water partition coefficient (Wildman–Crippen LogP) is 2.80. The van der Waals surface area contributed by atoms with Crippen molar-refractivity contribution in [1.29, 1.82) is 0 Å². The van der Waals surface area contributed by atoms with E-state index in [0.717, 1.165) is 19.3 Å². The molecule has 0 saturated heterocycles. The molecule has 0 aromatic carbocycles. The van der Waals surface area contributed by atoms with Crippen molar-refractivity contribution < 1.29 is 9.59 Å². The van der Waals surface area contributed by atoms with Crippen LogP contribution in [-0.4, -0.2) is 42.5 Å². The van der Waals surface area contributed by atoms with Crippen LogP contribution in [0.2, 0.25) is 0 Å². The van der Waals surface area contributed by atoms with Gasteiger partial charge in [-0.25, -0.2) is 4.79 Å². The van der Waals surface area contributed by atoms with Gasteiger partial charge in [0.05, 0.1) is 0 Å². The van der Waals surface area contributed by atoms with Crippen LogP contribution in [-0.2, 0) is 0 Å². The van der Waals surface area contributed by atoms with Crippen molar-refractivity contribution in [3.63, 3.8) is 0 Å². The molecule has 23 heavy (non-hydrogen) atoms. The minimum Gasteiger partial charge on any atom is -0.343 e. The van der Waals surface area contributed by atoms with E-state index < -0.39 is 0 Å². The average Bonchev–Trinajstić information content (AvgIpc) is 2.55. The summed E-state index contributed by atoms with van der Waals surface area (Å²) in [5.41, 5.74) is 2.29. The van der Waals surface area contributed by atoms with Gasteiger partial charge in [-0.05, 0) is 44.2 Å². The third kappa shape index (κ3) is 5.39. The molecule has 1 aliphatic rings. The summed E-state index contributed by atoms with van der Waals surface area (Å²) in [5, 5.41) is 5.58. The van der Waals surface area contributed by atoms with E-state index in [0.29, 0.717) is 17.9 Å². The van der Waals surface area contributed by atoms with Crippen LogP contribution in [0.5, 0.6) is 0 Å². The zero-order valence-electron chi connectivity index (χ0n) is 13.8. The topological polar surface area (TPSA) is 74.3 Å². The highest BCUT2D eigenvalue weighted by Gasteiger charge is 2.11. The van der Waals surface area contributed by atoms with Gasteiger partial charge in [0.1, 0.15) is 5.69 Å². The lowest BCUT2D eigenvalue weighted by molar-refractivity contribution is 0.0822. The Hall–Kier alpha value is -2.37. The Morgan fingerprint density at radius 1 is 1.30 bits per heavy atom. The number of nitrogens with one attached hydrogen (secondary N) is 2. The summed E-state index contributed by atoms with van der Waals surface area (Å²) in [6, 6.07) is 2.97. The highest BCUT2D eigenvalue weighted by Crippen LogP contribution is 2.19. The van der Waals surface area contributed by atoms with Gasteiger partial charge >= 0.3 is 6.03 Å². The Morgan fingerprint density at radius 3 is 2.83 bits per heavy atom. The first-order valence-corrected chi connectivity index (χ1v) is 7.97. The molecule has 1 heterocycles. The van der Waals surface area contributed by atoms with E-state index in [1.807, 2.05) is 0 Å². The number of aromatic nitrogens is 1. The Bertz CT molecular complexity index is 596. The van der Waals surface area contributed by atoms with Crippen LogP contribution >= 0.6 is 0 Å². The molecule has 2 rings (SSSR count). The molecule has 0 unspecified atom stereocenters. The van der Waals surface area contributed by atoms with Gasteiger partial charge in [-0.1, -0.05) is 11.6 Å². The van der Waals surface area contributed by atoms with Gasteiger partial charge in [-0.2, -0.15) is 0 Å². The first-order chi connectivity index (χ1) is 11.1. The number of rotatable bonds is 5. The lowest BCUT2D eigenvalue weighted by atomic mass is 9.97. The highest BCUT2D eigenvalue weighted by atomic mass is 16.2. The third-order valence-electron chi connectivity index (χ3n) is 3.76. The van der Waals surface area contributed by atoms with Crippen LogP contribution in [0.1, 0.15) is 42.6 Å². The molecule has 0 atom stereocenters. The summed E-state index contributed by atoms with van der Waals surface area (Å²) in [6.07, 6.45) is 9.51. The minimum absolute atomic E-state index is 0.196. The molecule has 0 radical (unpaired) electrons. The largest absolute Gasteiger partial charge is 0.343 e. The normalized spacial score (nSPS) is 13.9. The maximum atomic E-state index is 11.9. The van der Waals surface area contributed by atoms with Crippen molar-refractivity contribution in [2.24, 2.45) is 0 Å². The molecular weight excluding hydrogens is 292 g/mol. The lowest BCUT2D eigenvalue weighted by Gasteiger charge is -2.13. The fourth-order valence-electron chi connectivity index (χ4n) is 2.50. The Balaban J connectivity index is 1.81. The van der Waals surface area contributed by atoms with Crippen molar-refractivity contribution in [1.82, 2.24) is 15.2 Å². The number of hydrogen-bond acceptors (Lipinski definition) is 3.